The zero-order chi connectivity index (χ0) is 14.5. The van der Waals surface area contributed by atoms with E-state index in [0.29, 0.717) is 0 Å². The third-order valence-corrected chi connectivity index (χ3v) is 3.94. The molecule has 0 aliphatic carbocycles. The van der Waals surface area contributed by atoms with Crippen LogP contribution in [0.4, 0.5) is 5.82 Å². The van der Waals surface area contributed by atoms with Gasteiger partial charge < -0.3 is 10.2 Å². The predicted molar refractivity (Wildman–Crippen MR) is 88.0 cm³/mol. The van der Waals surface area contributed by atoms with Crippen LogP contribution in [-0.2, 0) is 6.54 Å². The number of nitrogens with one attached hydrogen (secondary N) is 1. The van der Waals surface area contributed by atoms with Crippen molar-refractivity contribution in [1.82, 2.24) is 10.3 Å². The van der Waals surface area contributed by atoms with E-state index in [2.05, 4.69) is 75.4 Å². The van der Waals surface area contributed by atoms with E-state index in [0.717, 1.165) is 16.8 Å². The molecule has 1 N–H and O–H groups in total. The topological polar surface area (TPSA) is 28.2 Å². The number of aromatic nitrogens is 1. The van der Waals surface area contributed by atoms with Crippen molar-refractivity contribution in [2.75, 3.05) is 19.0 Å². The second-order valence-corrected chi connectivity index (χ2v) is 5.82. The molecule has 2 aromatic rings. The molecule has 0 saturated carbocycles. The van der Waals surface area contributed by atoms with E-state index in [1.165, 1.54) is 11.1 Å². The van der Waals surface area contributed by atoms with Crippen molar-refractivity contribution >= 4 is 21.7 Å². The molecular weight excluding hydrogens is 314 g/mol. The Hall–Kier alpha value is -1.39. The molecule has 1 heterocycles. The first-order valence-corrected chi connectivity index (χ1v) is 7.49. The van der Waals surface area contributed by atoms with E-state index >= 15 is 0 Å². The molecule has 1 atom stereocenters. The fourth-order valence-corrected chi connectivity index (χ4v) is 2.42. The number of rotatable bonds is 5. The number of hydrogen-bond donors (Lipinski definition) is 1. The Morgan fingerprint density at radius 3 is 2.60 bits per heavy atom. The second kappa shape index (κ2) is 6.86. The molecule has 0 fully saturated rings. The number of nitrogens with zero attached hydrogens (tertiary/aromatic N) is 2. The Labute approximate surface area is 129 Å². The molecule has 2 rings (SSSR count). The highest BCUT2D eigenvalue weighted by atomic mass is 79.9. The van der Waals surface area contributed by atoms with Gasteiger partial charge >= 0.3 is 0 Å². The molecule has 106 valence electrons. The standard InChI is InChI=1S/C16H20BrN3/c1-12(18-2)15-5-4-10-19-16(15)20(3)11-13-6-8-14(17)9-7-13/h4-10,12,18H,11H2,1-3H3. The molecule has 0 bridgehead atoms. The lowest BCUT2D eigenvalue weighted by Gasteiger charge is -2.23. The molecule has 1 aromatic heterocycles. The molecule has 0 aliphatic rings. The fraction of sp³-hybridized carbons (Fsp3) is 0.312. The first-order valence-electron chi connectivity index (χ1n) is 6.69. The van der Waals surface area contributed by atoms with Crippen LogP contribution in [0.25, 0.3) is 0 Å². The van der Waals surface area contributed by atoms with Gasteiger partial charge in [-0.25, -0.2) is 4.98 Å². The van der Waals surface area contributed by atoms with Crippen LogP contribution in [0, 0.1) is 0 Å². The molecule has 1 aromatic carbocycles. The highest BCUT2D eigenvalue weighted by Crippen LogP contribution is 2.24. The molecule has 4 heteroatoms. The van der Waals surface area contributed by atoms with Crippen molar-refractivity contribution in [1.29, 1.82) is 0 Å². The number of pyridine rings is 1. The molecule has 3 nitrogen and oxygen atoms in total. The van der Waals surface area contributed by atoms with E-state index < -0.39 is 0 Å². The minimum Gasteiger partial charge on any atom is -0.355 e. The molecular formula is C16H20BrN3. The largest absolute Gasteiger partial charge is 0.355 e. The summed E-state index contributed by atoms with van der Waals surface area (Å²) in [5.74, 6) is 1.03. The summed E-state index contributed by atoms with van der Waals surface area (Å²) in [5.41, 5.74) is 2.49. The van der Waals surface area contributed by atoms with Gasteiger partial charge in [0.25, 0.3) is 0 Å². The quantitative estimate of drug-likeness (QED) is 0.902. The van der Waals surface area contributed by atoms with Crippen LogP contribution in [0.15, 0.2) is 47.1 Å². The van der Waals surface area contributed by atoms with Crippen molar-refractivity contribution in [3.05, 3.63) is 58.2 Å². The van der Waals surface area contributed by atoms with Crippen molar-refractivity contribution in [3.63, 3.8) is 0 Å². The van der Waals surface area contributed by atoms with E-state index in [1.807, 2.05) is 19.3 Å². The lowest BCUT2D eigenvalue weighted by Crippen LogP contribution is -2.22. The van der Waals surface area contributed by atoms with Crippen LogP contribution in [0.1, 0.15) is 24.1 Å². The minimum absolute atomic E-state index is 0.283. The Bertz CT molecular complexity index is 554. The number of hydrogen-bond acceptors (Lipinski definition) is 3. The van der Waals surface area contributed by atoms with Gasteiger partial charge in [-0.05, 0) is 37.7 Å². The van der Waals surface area contributed by atoms with Gasteiger partial charge in [0.1, 0.15) is 5.82 Å². The van der Waals surface area contributed by atoms with E-state index in [4.69, 9.17) is 0 Å². The Morgan fingerprint density at radius 1 is 1.25 bits per heavy atom. The summed E-state index contributed by atoms with van der Waals surface area (Å²) in [6, 6.07) is 12.8. The zero-order valence-electron chi connectivity index (χ0n) is 12.1. The maximum atomic E-state index is 4.54. The van der Waals surface area contributed by atoms with Crippen LogP contribution in [0.3, 0.4) is 0 Å². The number of halogens is 1. The summed E-state index contributed by atoms with van der Waals surface area (Å²) in [5, 5.41) is 3.27. The van der Waals surface area contributed by atoms with Gasteiger partial charge in [-0.2, -0.15) is 0 Å². The summed E-state index contributed by atoms with van der Waals surface area (Å²) < 4.78 is 1.10. The van der Waals surface area contributed by atoms with Crippen molar-refractivity contribution in [2.45, 2.75) is 19.5 Å². The molecule has 0 saturated heterocycles. The predicted octanol–water partition coefficient (Wildman–Crippen LogP) is 3.76. The van der Waals surface area contributed by atoms with Gasteiger partial charge in [-0.15, -0.1) is 0 Å². The maximum Gasteiger partial charge on any atom is 0.133 e. The molecule has 1 unspecified atom stereocenters. The third-order valence-electron chi connectivity index (χ3n) is 3.41. The fourth-order valence-electron chi connectivity index (χ4n) is 2.16. The molecule has 20 heavy (non-hydrogen) atoms. The normalized spacial score (nSPS) is 12.2. The van der Waals surface area contributed by atoms with Gasteiger partial charge in [0.2, 0.25) is 0 Å². The van der Waals surface area contributed by atoms with E-state index in [-0.39, 0.29) is 6.04 Å². The smallest absolute Gasteiger partial charge is 0.133 e. The highest BCUT2D eigenvalue weighted by molar-refractivity contribution is 9.10. The van der Waals surface area contributed by atoms with Gasteiger partial charge in [0, 0.05) is 35.9 Å². The zero-order valence-corrected chi connectivity index (χ0v) is 13.7. The molecule has 0 amide bonds. The van der Waals surface area contributed by atoms with Gasteiger partial charge in [-0.3, -0.25) is 0 Å². The average Bonchev–Trinajstić information content (AvgIpc) is 2.48. The molecule has 0 radical (unpaired) electrons. The van der Waals surface area contributed by atoms with Crippen LogP contribution in [0.5, 0.6) is 0 Å². The number of anilines is 1. The van der Waals surface area contributed by atoms with Crippen molar-refractivity contribution < 1.29 is 0 Å². The SMILES string of the molecule is CNC(C)c1cccnc1N(C)Cc1ccc(Br)cc1. The van der Waals surface area contributed by atoms with Crippen molar-refractivity contribution in [3.8, 4) is 0 Å². The van der Waals surface area contributed by atoms with Gasteiger partial charge in [-0.1, -0.05) is 34.1 Å². The van der Waals surface area contributed by atoms with Gasteiger partial charge in [0.15, 0.2) is 0 Å². The highest BCUT2D eigenvalue weighted by Gasteiger charge is 2.13. The maximum absolute atomic E-state index is 4.54. The Balaban J connectivity index is 2.20. The average molecular weight is 334 g/mol. The number of benzene rings is 1. The molecule has 0 aliphatic heterocycles. The van der Waals surface area contributed by atoms with Crippen LogP contribution in [-0.4, -0.2) is 19.1 Å². The summed E-state index contributed by atoms with van der Waals surface area (Å²) in [6.45, 7) is 2.99. The van der Waals surface area contributed by atoms with Crippen LogP contribution in [0.2, 0.25) is 0 Å². The summed E-state index contributed by atoms with van der Waals surface area (Å²) >= 11 is 3.46. The van der Waals surface area contributed by atoms with E-state index in [1.54, 1.807) is 0 Å². The van der Waals surface area contributed by atoms with Crippen LogP contribution < -0.4 is 10.2 Å². The van der Waals surface area contributed by atoms with Gasteiger partial charge in [0.05, 0.1) is 0 Å². The lowest BCUT2D eigenvalue weighted by molar-refractivity contribution is 0.646. The lowest BCUT2D eigenvalue weighted by atomic mass is 10.1. The first kappa shape index (κ1) is 15.0. The second-order valence-electron chi connectivity index (χ2n) is 4.91. The first-order chi connectivity index (χ1) is 9.61. The molecule has 0 spiro atoms. The Kier molecular flexibility index (Phi) is 5.15. The summed E-state index contributed by atoms with van der Waals surface area (Å²) in [6.07, 6.45) is 1.85. The third kappa shape index (κ3) is 3.58. The minimum atomic E-state index is 0.283. The summed E-state index contributed by atoms with van der Waals surface area (Å²) in [7, 11) is 4.05. The monoisotopic (exact) mass is 333 g/mol. The summed E-state index contributed by atoms with van der Waals surface area (Å²) in [4.78, 5) is 6.72. The van der Waals surface area contributed by atoms with Crippen LogP contribution >= 0.6 is 15.9 Å². The van der Waals surface area contributed by atoms with E-state index in [9.17, 15) is 0 Å². The Morgan fingerprint density at radius 2 is 1.95 bits per heavy atom. The van der Waals surface area contributed by atoms with Crippen molar-refractivity contribution in [2.24, 2.45) is 0 Å².